The maximum Gasteiger partial charge on any atom is 0.433 e. The maximum absolute atomic E-state index is 10.7. The number of nitrogens with one attached hydrogen (secondary N) is 1. The van der Waals surface area contributed by atoms with Gasteiger partial charge in [-0.2, -0.15) is 0 Å². The van der Waals surface area contributed by atoms with E-state index in [0.717, 1.165) is 10.2 Å². The first-order valence-corrected chi connectivity index (χ1v) is 7.01. The molecule has 8 nitrogen and oxygen atoms in total. The van der Waals surface area contributed by atoms with Gasteiger partial charge in [0, 0.05) is 13.1 Å². The van der Waals surface area contributed by atoms with Crippen LogP contribution in [0.4, 0.5) is 11.7 Å². The van der Waals surface area contributed by atoms with E-state index in [0.29, 0.717) is 24.7 Å². The lowest BCUT2D eigenvalue weighted by atomic mass is 10.3. The minimum Gasteiger partial charge on any atom is -0.397 e. The Bertz CT molecular complexity index is 797. The molecule has 3 aromatic heterocycles. The minimum absolute atomic E-state index is 0.257. The van der Waals surface area contributed by atoms with E-state index in [1.807, 2.05) is 11.4 Å². The standard InChI is InChI=1S/C12H11N5O3S/c13-4-5-14-10-7-3-6-21-12(7)16-11(15-10)8-1-2-9(20-8)17(18)19/h1-3,6H,4-5,13H2,(H,14,15,16). The van der Waals surface area contributed by atoms with Gasteiger partial charge in [-0.15, -0.1) is 11.3 Å². The zero-order valence-corrected chi connectivity index (χ0v) is 11.6. The first-order chi connectivity index (χ1) is 10.2. The smallest absolute Gasteiger partial charge is 0.397 e. The lowest BCUT2D eigenvalue weighted by Crippen LogP contribution is -2.14. The molecule has 0 unspecified atom stereocenters. The van der Waals surface area contributed by atoms with Gasteiger partial charge in [0.2, 0.25) is 0 Å². The summed E-state index contributed by atoms with van der Waals surface area (Å²) in [5, 5.41) is 16.6. The fraction of sp³-hybridized carbons (Fsp3) is 0.167. The quantitative estimate of drug-likeness (QED) is 0.547. The first kappa shape index (κ1) is 13.5. The van der Waals surface area contributed by atoms with E-state index < -0.39 is 4.92 Å². The van der Waals surface area contributed by atoms with Crippen LogP contribution in [-0.2, 0) is 0 Å². The van der Waals surface area contributed by atoms with Crippen molar-refractivity contribution in [2.45, 2.75) is 0 Å². The van der Waals surface area contributed by atoms with Gasteiger partial charge in [-0.3, -0.25) is 10.1 Å². The average molecular weight is 305 g/mol. The number of furan rings is 1. The summed E-state index contributed by atoms with van der Waals surface area (Å²) < 4.78 is 5.14. The molecule has 108 valence electrons. The fourth-order valence-electron chi connectivity index (χ4n) is 1.84. The van der Waals surface area contributed by atoms with Gasteiger partial charge in [0.25, 0.3) is 0 Å². The number of aromatic nitrogens is 2. The molecular formula is C12H11N5O3S. The van der Waals surface area contributed by atoms with Gasteiger partial charge in [-0.25, -0.2) is 9.97 Å². The Morgan fingerprint density at radius 2 is 2.24 bits per heavy atom. The number of hydrogen-bond donors (Lipinski definition) is 2. The Morgan fingerprint density at radius 3 is 2.95 bits per heavy atom. The molecule has 3 rings (SSSR count). The SMILES string of the molecule is NCCNc1nc(-c2ccc([N+](=O)[O-])o2)nc2sccc12. The summed E-state index contributed by atoms with van der Waals surface area (Å²) in [5.41, 5.74) is 5.48. The van der Waals surface area contributed by atoms with Crippen molar-refractivity contribution in [3.8, 4) is 11.6 Å². The van der Waals surface area contributed by atoms with Crippen LogP contribution in [0.2, 0.25) is 0 Å². The number of rotatable bonds is 5. The van der Waals surface area contributed by atoms with E-state index in [1.54, 1.807) is 0 Å². The summed E-state index contributed by atoms with van der Waals surface area (Å²) in [4.78, 5) is 19.6. The Labute approximate surface area is 122 Å². The Morgan fingerprint density at radius 1 is 1.38 bits per heavy atom. The molecule has 0 aliphatic carbocycles. The monoisotopic (exact) mass is 305 g/mol. The van der Waals surface area contributed by atoms with Gasteiger partial charge in [0.1, 0.15) is 15.6 Å². The van der Waals surface area contributed by atoms with Crippen LogP contribution in [0.5, 0.6) is 0 Å². The van der Waals surface area contributed by atoms with Crippen molar-refractivity contribution in [3.05, 3.63) is 33.7 Å². The Balaban J connectivity index is 2.06. The van der Waals surface area contributed by atoms with Gasteiger partial charge >= 0.3 is 5.88 Å². The van der Waals surface area contributed by atoms with Crippen LogP contribution in [0.25, 0.3) is 21.8 Å². The highest BCUT2D eigenvalue weighted by Crippen LogP contribution is 2.30. The molecule has 0 amide bonds. The van der Waals surface area contributed by atoms with Gasteiger partial charge in [-0.05, 0) is 17.5 Å². The number of nitrogens with zero attached hydrogens (tertiary/aromatic N) is 3. The van der Waals surface area contributed by atoms with Crippen LogP contribution in [0.1, 0.15) is 0 Å². The van der Waals surface area contributed by atoms with Crippen molar-refractivity contribution in [1.29, 1.82) is 0 Å². The van der Waals surface area contributed by atoms with Crippen LogP contribution in [0.3, 0.4) is 0 Å². The van der Waals surface area contributed by atoms with Gasteiger partial charge in [-0.1, -0.05) is 0 Å². The number of nitro groups is 1. The summed E-state index contributed by atoms with van der Waals surface area (Å²) in [6, 6.07) is 4.68. The zero-order chi connectivity index (χ0) is 14.8. The van der Waals surface area contributed by atoms with Gasteiger partial charge < -0.3 is 15.5 Å². The second-order valence-corrected chi connectivity index (χ2v) is 5.04. The highest BCUT2D eigenvalue weighted by molar-refractivity contribution is 7.16. The maximum atomic E-state index is 10.7. The molecular weight excluding hydrogens is 294 g/mol. The largest absolute Gasteiger partial charge is 0.433 e. The third kappa shape index (κ3) is 2.56. The second-order valence-electron chi connectivity index (χ2n) is 4.15. The van der Waals surface area contributed by atoms with Crippen molar-refractivity contribution in [2.24, 2.45) is 5.73 Å². The number of nitrogens with two attached hydrogens (primary N) is 1. The molecule has 0 fully saturated rings. The predicted molar refractivity (Wildman–Crippen MR) is 79.3 cm³/mol. The van der Waals surface area contributed by atoms with Crippen molar-refractivity contribution in [3.63, 3.8) is 0 Å². The number of thiophene rings is 1. The normalized spacial score (nSPS) is 10.9. The van der Waals surface area contributed by atoms with Crippen LogP contribution >= 0.6 is 11.3 Å². The highest BCUT2D eigenvalue weighted by atomic mass is 32.1. The number of hydrogen-bond acceptors (Lipinski definition) is 8. The summed E-state index contributed by atoms with van der Waals surface area (Å²) in [7, 11) is 0. The predicted octanol–water partition coefficient (Wildman–Crippen LogP) is 2.23. The Hall–Kier alpha value is -2.52. The second kappa shape index (κ2) is 5.46. The van der Waals surface area contributed by atoms with Crippen molar-refractivity contribution >= 4 is 33.3 Å². The molecule has 0 saturated heterocycles. The molecule has 0 atom stereocenters. The van der Waals surface area contributed by atoms with Crippen molar-refractivity contribution in [1.82, 2.24) is 9.97 Å². The zero-order valence-electron chi connectivity index (χ0n) is 10.8. The fourth-order valence-corrected chi connectivity index (χ4v) is 2.60. The summed E-state index contributed by atoms with van der Waals surface area (Å²) in [6.45, 7) is 1.04. The van der Waals surface area contributed by atoms with Crippen molar-refractivity contribution < 1.29 is 9.34 Å². The third-order valence-corrected chi connectivity index (χ3v) is 3.56. The van der Waals surface area contributed by atoms with E-state index in [9.17, 15) is 10.1 Å². The lowest BCUT2D eigenvalue weighted by molar-refractivity contribution is -0.401. The minimum atomic E-state index is -0.596. The average Bonchev–Trinajstić information content (AvgIpc) is 3.12. The molecule has 3 aromatic rings. The van der Waals surface area contributed by atoms with E-state index in [4.69, 9.17) is 10.2 Å². The van der Waals surface area contributed by atoms with Gasteiger partial charge in [0.05, 0.1) is 11.5 Å². The molecule has 0 bridgehead atoms. The summed E-state index contributed by atoms with van der Waals surface area (Å²) in [5.74, 6) is 0.863. The van der Waals surface area contributed by atoms with E-state index in [1.165, 1.54) is 23.5 Å². The molecule has 0 aliphatic heterocycles. The highest BCUT2D eigenvalue weighted by Gasteiger charge is 2.17. The molecule has 0 aromatic carbocycles. The van der Waals surface area contributed by atoms with Crippen LogP contribution in [0, 0.1) is 10.1 Å². The molecule has 3 N–H and O–H groups in total. The topological polar surface area (TPSA) is 120 Å². The molecule has 3 heterocycles. The molecule has 0 radical (unpaired) electrons. The van der Waals surface area contributed by atoms with E-state index in [-0.39, 0.29) is 11.6 Å². The number of fused-ring (bicyclic) bond motifs is 1. The molecule has 0 saturated carbocycles. The Kier molecular flexibility index (Phi) is 3.50. The molecule has 21 heavy (non-hydrogen) atoms. The lowest BCUT2D eigenvalue weighted by Gasteiger charge is -2.06. The van der Waals surface area contributed by atoms with Crippen LogP contribution < -0.4 is 11.1 Å². The van der Waals surface area contributed by atoms with Crippen molar-refractivity contribution in [2.75, 3.05) is 18.4 Å². The molecule has 0 aliphatic rings. The van der Waals surface area contributed by atoms with Gasteiger partial charge in [0.15, 0.2) is 11.6 Å². The first-order valence-electron chi connectivity index (χ1n) is 6.13. The van der Waals surface area contributed by atoms with E-state index >= 15 is 0 Å². The summed E-state index contributed by atoms with van der Waals surface area (Å²) >= 11 is 1.46. The van der Waals surface area contributed by atoms with Crippen LogP contribution in [0.15, 0.2) is 28.0 Å². The molecule has 9 heteroatoms. The van der Waals surface area contributed by atoms with Crippen LogP contribution in [-0.4, -0.2) is 28.0 Å². The molecule has 0 spiro atoms. The summed E-state index contributed by atoms with van der Waals surface area (Å²) in [6.07, 6.45) is 0. The number of anilines is 1. The van der Waals surface area contributed by atoms with E-state index in [2.05, 4.69) is 15.3 Å². The third-order valence-electron chi connectivity index (χ3n) is 2.75.